The molecule has 0 aliphatic rings. The van der Waals surface area contributed by atoms with Crippen molar-refractivity contribution in [3.8, 4) is 0 Å². The van der Waals surface area contributed by atoms with Crippen LogP contribution in [0, 0.1) is 0 Å². The Hall–Kier alpha value is -4.08. The van der Waals surface area contributed by atoms with E-state index in [1.165, 1.54) is 12.8 Å². The van der Waals surface area contributed by atoms with Gasteiger partial charge in [0.15, 0.2) is 0 Å². The lowest BCUT2D eigenvalue weighted by Crippen LogP contribution is -2.49. The minimum Gasteiger partial charge on any atom is -0.444 e. The molecule has 0 spiro atoms. The standard InChI is InChI=1S/C40H62N4O6/c1-39(2,3)49-37(47)43-33(29-31-23-17-15-18-24-31)35(45)41-27-21-13-11-9-7-8-10-12-14-22-28-42-36(46)34(30-32-25-19-16-20-26-32)44-38(48)50-40(4,5)6/h15-20,23-26,33-34H,7-14,21-22,27-30H2,1-6H3,(H,41,45)(H,42,46)(H,43,47)(H,44,48)/t33-,34-/m1/s1. The van der Waals surface area contributed by atoms with Gasteiger partial charge in [-0.3, -0.25) is 9.59 Å². The second-order valence-electron chi connectivity index (χ2n) is 14.9. The van der Waals surface area contributed by atoms with Crippen molar-refractivity contribution in [2.24, 2.45) is 0 Å². The molecule has 2 aromatic rings. The van der Waals surface area contributed by atoms with E-state index >= 15 is 0 Å². The molecular weight excluding hydrogens is 632 g/mol. The number of carbonyl (C=O) groups excluding carboxylic acids is 4. The maximum atomic E-state index is 12.9. The summed E-state index contributed by atoms with van der Waals surface area (Å²) in [5.41, 5.74) is 0.643. The van der Waals surface area contributed by atoms with E-state index in [2.05, 4.69) is 21.3 Å². The number of ether oxygens (including phenoxy) is 2. The van der Waals surface area contributed by atoms with Gasteiger partial charge in [0.2, 0.25) is 11.8 Å². The van der Waals surface area contributed by atoms with Gasteiger partial charge in [0.05, 0.1) is 0 Å². The molecule has 2 aromatic carbocycles. The number of amides is 4. The number of benzene rings is 2. The summed E-state index contributed by atoms with van der Waals surface area (Å²) in [6.07, 6.45) is 10.4. The van der Waals surface area contributed by atoms with Crippen molar-refractivity contribution < 1.29 is 28.7 Å². The predicted molar refractivity (Wildman–Crippen MR) is 199 cm³/mol. The van der Waals surface area contributed by atoms with Crippen molar-refractivity contribution in [1.82, 2.24) is 21.3 Å². The van der Waals surface area contributed by atoms with Gasteiger partial charge in [-0.15, -0.1) is 0 Å². The average molecular weight is 695 g/mol. The minimum atomic E-state index is -0.707. The smallest absolute Gasteiger partial charge is 0.408 e. The summed E-state index contributed by atoms with van der Waals surface area (Å²) in [4.78, 5) is 50.6. The first-order valence-corrected chi connectivity index (χ1v) is 18.3. The molecule has 50 heavy (non-hydrogen) atoms. The first-order chi connectivity index (χ1) is 23.7. The lowest BCUT2D eigenvalue weighted by atomic mass is 10.0. The van der Waals surface area contributed by atoms with Crippen LogP contribution in [0.5, 0.6) is 0 Å². The Morgan fingerprint density at radius 1 is 0.500 bits per heavy atom. The minimum absolute atomic E-state index is 0.205. The van der Waals surface area contributed by atoms with Crippen LogP contribution >= 0.6 is 0 Å². The van der Waals surface area contributed by atoms with Gasteiger partial charge in [-0.25, -0.2) is 9.59 Å². The molecule has 2 rings (SSSR count). The first kappa shape index (κ1) is 42.1. The largest absolute Gasteiger partial charge is 0.444 e. The fraction of sp³-hybridized carbons (Fsp3) is 0.600. The molecule has 278 valence electrons. The van der Waals surface area contributed by atoms with Crippen molar-refractivity contribution in [3.63, 3.8) is 0 Å². The number of hydrogen-bond donors (Lipinski definition) is 4. The molecule has 0 unspecified atom stereocenters. The monoisotopic (exact) mass is 694 g/mol. The molecule has 0 aliphatic heterocycles. The summed E-state index contributed by atoms with van der Waals surface area (Å²) >= 11 is 0. The molecule has 4 amide bonds. The molecule has 0 saturated carbocycles. The number of unbranched alkanes of at least 4 members (excludes halogenated alkanes) is 9. The van der Waals surface area contributed by atoms with Gasteiger partial charge in [-0.2, -0.15) is 0 Å². The number of nitrogens with one attached hydrogen (secondary N) is 4. The summed E-state index contributed by atoms with van der Waals surface area (Å²) in [6, 6.07) is 17.9. The molecular formula is C40H62N4O6. The Kier molecular flexibility index (Phi) is 19.0. The highest BCUT2D eigenvalue weighted by Gasteiger charge is 2.26. The molecule has 0 radical (unpaired) electrons. The number of hydrogen-bond acceptors (Lipinski definition) is 6. The van der Waals surface area contributed by atoms with Crippen LogP contribution in [0.1, 0.15) is 117 Å². The van der Waals surface area contributed by atoms with Crippen molar-refractivity contribution in [2.45, 2.75) is 142 Å². The van der Waals surface area contributed by atoms with Gasteiger partial charge in [0.25, 0.3) is 0 Å². The van der Waals surface area contributed by atoms with Crippen LogP contribution in [0.2, 0.25) is 0 Å². The van der Waals surface area contributed by atoms with E-state index in [-0.39, 0.29) is 11.8 Å². The van der Waals surface area contributed by atoms with Gasteiger partial charge < -0.3 is 30.7 Å². The highest BCUT2D eigenvalue weighted by molar-refractivity contribution is 5.86. The molecule has 0 aliphatic carbocycles. The van der Waals surface area contributed by atoms with E-state index < -0.39 is 35.5 Å². The Bertz CT molecular complexity index is 1170. The Balaban J connectivity index is 1.56. The van der Waals surface area contributed by atoms with Gasteiger partial charge in [-0.1, -0.05) is 112 Å². The van der Waals surface area contributed by atoms with E-state index in [4.69, 9.17) is 9.47 Å². The third kappa shape index (κ3) is 20.4. The number of rotatable bonds is 21. The van der Waals surface area contributed by atoms with E-state index in [0.717, 1.165) is 62.5 Å². The van der Waals surface area contributed by atoms with Crippen molar-refractivity contribution >= 4 is 24.0 Å². The van der Waals surface area contributed by atoms with Crippen LogP contribution in [-0.4, -0.2) is 60.4 Å². The van der Waals surface area contributed by atoms with Crippen molar-refractivity contribution in [2.75, 3.05) is 13.1 Å². The van der Waals surface area contributed by atoms with Crippen LogP contribution in [0.15, 0.2) is 60.7 Å². The van der Waals surface area contributed by atoms with Gasteiger partial charge in [0.1, 0.15) is 23.3 Å². The van der Waals surface area contributed by atoms with E-state index in [9.17, 15) is 19.2 Å². The summed E-state index contributed by atoms with van der Waals surface area (Å²) in [7, 11) is 0. The summed E-state index contributed by atoms with van der Waals surface area (Å²) < 4.78 is 10.7. The summed E-state index contributed by atoms with van der Waals surface area (Å²) in [5, 5.41) is 11.5. The summed E-state index contributed by atoms with van der Waals surface area (Å²) in [6.45, 7) is 11.9. The van der Waals surface area contributed by atoms with Crippen molar-refractivity contribution in [1.29, 1.82) is 0 Å². The lowest BCUT2D eigenvalue weighted by molar-refractivity contribution is -0.123. The molecule has 0 bridgehead atoms. The molecule has 0 heterocycles. The molecule has 0 fully saturated rings. The summed E-state index contributed by atoms with van der Waals surface area (Å²) in [5.74, 6) is -0.410. The van der Waals surface area contributed by atoms with Crippen LogP contribution in [0.3, 0.4) is 0 Å². The fourth-order valence-electron chi connectivity index (χ4n) is 5.35. The van der Waals surface area contributed by atoms with E-state index in [1.54, 1.807) is 41.5 Å². The quantitative estimate of drug-likeness (QED) is 0.101. The number of alkyl carbamates (subject to hydrolysis) is 2. The zero-order valence-electron chi connectivity index (χ0n) is 31.3. The first-order valence-electron chi connectivity index (χ1n) is 18.3. The molecule has 0 aromatic heterocycles. The highest BCUT2D eigenvalue weighted by atomic mass is 16.6. The Morgan fingerprint density at radius 3 is 1.10 bits per heavy atom. The maximum absolute atomic E-state index is 12.9. The molecule has 4 N–H and O–H groups in total. The topological polar surface area (TPSA) is 135 Å². The highest BCUT2D eigenvalue weighted by Crippen LogP contribution is 2.12. The fourth-order valence-corrected chi connectivity index (χ4v) is 5.35. The zero-order valence-corrected chi connectivity index (χ0v) is 31.3. The van der Waals surface area contributed by atoms with Gasteiger partial charge in [-0.05, 0) is 65.5 Å². The normalized spacial score (nSPS) is 12.7. The third-order valence-corrected chi connectivity index (χ3v) is 7.78. The van der Waals surface area contributed by atoms with Crippen LogP contribution in [-0.2, 0) is 31.9 Å². The van der Waals surface area contributed by atoms with Crippen LogP contribution in [0.25, 0.3) is 0 Å². The third-order valence-electron chi connectivity index (χ3n) is 7.78. The van der Waals surface area contributed by atoms with Gasteiger partial charge in [0, 0.05) is 25.9 Å². The molecule has 0 saturated heterocycles. The SMILES string of the molecule is CC(C)(C)OC(=O)N[C@H](Cc1ccccc1)C(=O)NCCCCCCCCCCCCNC(=O)[C@@H](Cc1ccccc1)NC(=O)OC(C)(C)C. The van der Waals surface area contributed by atoms with Crippen LogP contribution in [0.4, 0.5) is 9.59 Å². The Labute approximate surface area is 300 Å². The predicted octanol–water partition coefficient (Wildman–Crippen LogP) is 7.39. The molecule has 10 nitrogen and oxygen atoms in total. The van der Waals surface area contributed by atoms with E-state index in [0.29, 0.717) is 25.9 Å². The van der Waals surface area contributed by atoms with E-state index in [1.807, 2.05) is 60.7 Å². The maximum Gasteiger partial charge on any atom is 0.408 e. The Morgan fingerprint density at radius 2 is 0.800 bits per heavy atom. The zero-order chi connectivity index (χ0) is 36.8. The lowest BCUT2D eigenvalue weighted by Gasteiger charge is -2.23. The average Bonchev–Trinajstić information content (AvgIpc) is 3.03. The second-order valence-corrected chi connectivity index (χ2v) is 14.9. The molecule has 10 heteroatoms. The number of carbonyl (C=O) groups is 4. The second kappa shape index (κ2) is 22.6. The van der Waals surface area contributed by atoms with Gasteiger partial charge >= 0.3 is 12.2 Å². The molecule has 2 atom stereocenters. The van der Waals surface area contributed by atoms with Crippen LogP contribution < -0.4 is 21.3 Å². The van der Waals surface area contributed by atoms with Crippen molar-refractivity contribution in [3.05, 3.63) is 71.8 Å².